The zero-order chi connectivity index (χ0) is 21.5. The summed E-state index contributed by atoms with van der Waals surface area (Å²) >= 11 is 0. The topological polar surface area (TPSA) is 109 Å². The summed E-state index contributed by atoms with van der Waals surface area (Å²) in [7, 11) is 0. The first-order valence-corrected chi connectivity index (χ1v) is 10.2. The van der Waals surface area contributed by atoms with Gasteiger partial charge in [0.25, 0.3) is 5.91 Å². The van der Waals surface area contributed by atoms with Crippen LogP contribution in [0.25, 0.3) is 5.82 Å². The normalized spacial score (nSPS) is 18.2. The minimum absolute atomic E-state index is 0.237. The predicted octanol–water partition coefficient (Wildman–Crippen LogP) is 2.37. The number of nitrogens with one attached hydrogen (secondary N) is 2. The molecule has 30 heavy (non-hydrogen) atoms. The summed E-state index contributed by atoms with van der Waals surface area (Å²) in [5.41, 5.74) is -0.283. The molecule has 158 valence electrons. The van der Waals surface area contributed by atoms with Crippen molar-refractivity contribution in [2.45, 2.75) is 57.4 Å². The van der Waals surface area contributed by atoms with E-state index in [-0.39, 0.29) is 17.9 Å². The summed E-state index contributed by atoms with van der Waals surface area (Å²) in [5.74, 6) is 0.217. The predicted molar refractivity (Wildman–Crippen MR) is 110 cm³/mol. The molecule has 4 rings (SSSR count). The lowest BCUT2D eigenvalue weighted by Gasteiger charge is -2.19. The van der Waals surface area contributed by atoms with Crippen molar-refractivity contribution in [1.29, 1.82) is 0 Å². The van der Waals surface area contributed by atoms with Crippen LogP contribution in [-0.2, 0) is 15.0 Å². The third kappa shape index (κ3) is 3.55. The number of imide groups is 1. The second-order valence-electron chi connectivity index (χ2n) is 8.92. The first-order chi connectivity index (χ1) is 14.2. The first-order valence-electron chi connectivity index (χ1n) is 10.2. The highest BCUT2D eigenvalue weighted by Gasteiger charge is 2.52. The fourth-order valence-electron chi connectivity index (χ4n) is 3.95. The van der Waals surface area contributed by atoms with Crippen LogP contribution in [0.2, 0.25) is 0 Å². The third-order valence-electron chi connectivity index (χ3n) is 5.62. The van der Waals surface area contributed by atoms with E-state index in [2.05, 4.69) is 20.7 Å². The lowest BCUT2D eigenvalue weighted by Crippen LogP contribution is -2.44. The molecule has 3 heterocycles. The van der Waals surface area contributed by atoms with E-state index in [9.17, 15) is 14.4 Å². The number of urea groups is 1. The number of aromatic nitrogens is 3. The van der Waals surface area contributed by atoms with Crippen LogP contribution in [0.4, 0.5) is 10.6 Å². The van der Waals surface area contributed by atoms with Gasteiger partial charge in [0.15, 0.2) is 5.82 Å². The molecule has 1 spiro atoms. The summed E-state index contributed by atoms with van der Waals surface area (Å²) in [6, 6.07) is 6.70. The summed E-state index contributed by atoms with van der Waals surface area (Å²) in [6.07, 6.45) is 4.68. The lowest BCUT2D eigenvalue weighted by molar-refractivity contribution is -0.133. The Morgan fingerprint density at radius 3 is 2.60 bits per heavy atom. The number of hydrogen-bond acceptors (Lipinski definition) is 5. The minimum Gasteiger partial charge on any atom is -0.323 e. The van der Waals surface area contributed by atoms with Gasteiger partial charge in [-0.2, -0.15) is 9.78 Å². The molecule has 2 fully saturated rings. The zero-order valence-corrected chi connectivity index (χ0v) is 17.4. The maximum atomic E-state index is 12.8. The van der Waals surface area contributed by atoms with Gasteiger partial charge in [-0.1, -0.05) is 39.7 Å². The molecule has 1 aliphatic heterocycles. The van der Waals surface area contributed by atoms with Crippen LogP contribution < -0.4 is 10.6 Å². The molecule has 0 bridgehead atoms. The number of carbonyl (C=O) groups excluding carboxylic acids is 3. The molecule has 2 aliphatic rings. The molecule has 1 saturated heterocycles. The van der Waals surface area contributed by atoms with Gasteiger partial charge in [0.1, 0.15) is 17.9 Å². The molecule has 0 radical (unpaired) electrons. The molecule has 2 aromatic heterocycles. The molecule has 0 unspecified atom stereocenters. The number of carbonyl (C=O) groups is 3. The van der Waals surface area contributed by atoms with Crippen LogP contribution in [0.1, 0.15) is 52.1 Å². The summed E-state index contributed by atoms with van der Waals surface area (Å²) in [4.78, 5) is 43.2. The number of pyridine rings is 1. The van der Waals surface area contributed by atoms with Crippen LogP contribution >= 0.6 is 0 Å². The Morgan fingerprint density at radius 1 is 1.23 bits per heavy atom. The van der Waals surface area contributed by atoms with Crippen molar-refractivity contribution in [3.63, 3.8) is 0 Å². The van der Waals surface area contributed by atoms with E-state index in [0.29, 0.717) is 24.5 Å². The fourth-order valence-corrected chi connectivity index (χ4v) is 3.95. The van der Waals surface area contributed by atoms with E-state index in [1.165, 1.54) is 0 Å². The van der Waals surface area contributed by atoms with Crippen molar-refractivity contribution in [1.82, 2.24) is 25.0 Å². The number of hydrogen-bond donors (Lipinski definition) is 2. The monoisotopic (exact) mass is 410 g/mol. The Labute approximate surface area is 174 Å². The molecule has 1 aliphatic carbocycles. The smallest absolute Gasteiger partial charge is 0.323 e. The van der Waals surface area contributed by atoms with E-state index < -0.39 is 17.5 Å². The lowest BCUT2D eigenvalue weighted by atomic mass is 9.92. The Bertz CT molecular complexity index is 986. The largest absolute Gasteiger partial charge is 0.325 e. The van der Waals surface area contributed by atoms with Gasteiger partial charge >= 0.3 is 6.03 Å². The van der Waals surface area contributed by atoms with Crippen molar-refractivity contribution in [3.8, 4) is 5.82 Å². The van der Waals surface area contributed by atoms with Gasteiger partial charge in [-0.3, -0.25) is 14.5 Å². The summed E-state index contributed by atoms with van der Waals surface area (Å²) < 4.78 is 1.56. The number of nitrogens with zero attached hydrogens (tertiary/aromatic N) is 4. The average Bonchev–Trinajstić information content (AvgIpc) is 3.38. The summed E-state index contributed by atoms with van der Waals surface area (Å²) in [5, 5.41) is 10.2. The SMILES string of the molecule is CC(C)(C)c1cc(NC(=O)CN2C(=O)NC3(CCCC3)C2=O)n(-c2ccccn2)n1. The standard InChI is InChI=1S/C21H26N6O3/c1-20(2,3)14-12-16(27(25-14)15-8-4-7-11-22-15)23-17(28)13-26-18(29)21(24-19(26)30)9-5-6-10-21/h4,7-8,11-12H,5-6,9-10,13H2,1-3H3,(H,23,28)(H,24,30). The quantitative estimate of drug-likeness (QED) is 0.752. The number of rotatable bonds is 4. The second kappa shape index (κ2) is 7.23. The molecular weight excluding hydrogens is 384 g/mol. The van der Waals surface area contributed by atoms with Crippen LogP contribution in [0, 0.1) is 0 Å². The van der Waals surface area contributed by atoms with E-state index in [1.54, 1.807) is 29.1 Å². The Hall–Kier alpha value is -3.23. The molecule has 2 N–H and O–H groups in total. The highest BCUT2D eigenvalue weighted by atomic mass is 16.2. The van der Waals surface area contributed by atoms with E-state index in [0.717, 1.165) is 23.4 Å². The first kappa shape index (κ1) is 20.1. The van der Waals surface area contributed by atoms with Crippen molar-refractivity contribution in [2.75, 3.05) is 11.9 Å². The third-order valence-corrected chi connectivity index (χ3v) is 5.62. The molecule has 9 nitrogen and oxygen atoms in total. The van der Waals surface area contributed by atoms with Gasteiger partial charge in [0.2, 0.25) is 5.91 Å². The van der Waals surface area contributed by atoms with Gasteiger partial charge in [0, 0.05) is 17.7 Å². The molecule has 0 atom stereocenters. The van der Waals surface area contributed by atoms with Gasteiger partial charge in [-0.05, 0) is 25.0 Å². The number of anilines is 1. The highest BCUT2D eigenvalue weighted by Crippen LogP contribution is 2.35. The molecule has 4 amide bonds. The highest BCUT2D eigenvalue weighted by molar-refractivity contribution is 6.10. The van der Waals surface area contributed by atoms with Crippen molar-refractivity contribution in [2.24, 2.45) is 0 Å². The van der Waals surface area contributed by atoms with E-state index >= 15 is 0 Å². The van der Waals surface area contributed by atoms with Gasteiger partial charge in [-0.15, -0.1) is 0 Å². The van der Waals surface area contributed by atoms with Crippen LogP contribution in [0.15, 0.2) is 30.5 Å². The van der Waals surface area contributed by atoms with Crippen molar-refractivity contribution in [3.05, 3.63) is 36.2 Å². The van der Waals surface area contributed by atoms with Gasteiger partial charge in [0.05, 0.1) is 5.69 Å². The van der Waals surface area contributed by atoms with E-state index in [1.807, 2.05) is 26.8 Å². The van der Waals surface area contributed by atoms with Crippen LogP contribution in [0.3, 0.4) is 0 Å². The zero-order valence-electron chi connectivity index (χ0n) is 17.4. The maximum Gasteiger partial charge on any atom is 0.325 e. The van der Waals surface area contributed by atoms with E-state index in [4.69, 9.17) is 0 Å². The number of amides is 4. The minimum atomic E-state index is -0.827. The average molecular weight is 410 g/mol. The van der Waals surface area contributed by atoms with Crippen LogP contribution in [-0.4, -0.2) is 49.6 Å². The molecular formula is C21H26N6O3. The summed E-state index contributed by atoms with van der Waals surface area (Å²) in [6.45, 7) is 5.73. The molecule has 9 heteroatoms. The Kier molecular flexibility index (Phi) is 4.83. The fraction of sp³-hybridized carbons (Fsp3) is 0.476. The molecule has 1 saturated carbocycles. The van der Waals surface area contributed by atoms with Crippen molar-refractivity contribution >= 4 is 23.7 Å². The van der Waals surface area contributed by atoms with Crippen LogP contribution in [0.5, 0.6) is 0 Å². The molecule has 2 aromatic rings. The van der Waals surface area contributed by atoms with Crippen molar-refractivity contribution < 1.29 is 14.4 Å². The Morgan fingerprint density at radius 2 is 1.97 bits per heavy atom. The maximum absolute atomic E-state index is 12.8. The second-order valence-corrected chi connectivity index (χ2v) is 8.92. The van der Waals surface area contributed by atoms with Gasteiger partial charge < -0.3 is 10.6 Å². The van der Waals surface area contributed by atoms with Gasteiger partial charge in [-0.25, -0.2) is 9.78 Å². The Balaban J connectivity index is 1.55. The molecule has 0 aromatic carbocycles.